The van der Waals surface area contributed by atoms with E-state index in [-0.39, 0.29) is 5.41 Å². The average Bonchev–Trinajstić information content (AvgIpc) is 2.40. The maximum Gasteiger partial charge on any atom is 0.0499 e. The van der Waals surface area contributed by atoms with E-state index in [9.17, 15) is 5.11 Å². The second-order valence-electron chi connectivity index (χ2n) is 6.06. The van der Waals surface area contributed by atoms with Crippen molar-refractivity contribution in [1.82, 2.24) is 10.2 Å². The molecule has 2 fully saturated rings. The number of aliphatic hydroxyl groups excluding tert-OH is 1. The zero-order chi connectivity index (χ0) is 12.1. The van der Waals surface area contributed by atoms with Crippen LogP contribution in [0.2, 0.25) is 0 Å². The molecule has 0 spiro atoms. The SMILES string of the molecule is CCC1(CO)CCCN(CC2CCCNC2)C1. The Balaban J connectivity index is 1.84. The van der Waals surface area contributed by atoms with Gasteiger partial charge in [-0.2, -0.15) is 0 Å². The van der Waals surface area contributed by atoms with Crippen molar-refractivity contribution in [2.45, 2.75) is 39.0 Å². The van der Waals surface area contributed by atoms with Crippen LogP contribution in [0.5, 0.6) is 0 Å². The van der Waals surface area contributed by atoms with Crippen LogP contribution < -0.4 is 5.32 Å². The molecule has 3 heteroatoms. The molecule has 100 valence electrons. The molecule has 3 nitrogen and oxygen atoms in total. The maximum atomic E-state index is 9.63. The molecule has 0 aromatic rings. The normalized spacial score (nSPS) is 36.0. The highest BCUT2D eigenvalue weighted by atomic mass is 16.3. The zero-order valence-electron chi connectivity index (χ0n) is 11.2. The predicted molar refractivity (Wildman–Crippen MR) is 71.1 cm³/mol. The van der Waals surface area contributed by atoms with Crippen LogP contribution in [0.25, 0.3) is 0 Å². The molecule has 2 unspecified atom stereocenters. The molecule has 2 atom stereocenters. The van der Waals surface area contributed by atoms with Crippen LogP contribution in [-0.2, 0) is 0 Å². The fourth-order valence-corrected chi connectivity index (χ4v) is 3.44. The van der Waals surface area contributed by atoms with E-state index in [0.29, 0.717) is 6.61 Å². The van der Waals surface area contributed by atoms with E-state index in [4.69, 9.17) is 0 Å². The van der Waals surface area contributed by atoms with Crippen molar-refractivity contribution in [1.29, 1.82) is 0 Å². The lowest BCUT2D eigenvalue weighted by molar-refractivity contribution is 0.0211. The highest BCUT2D eigenvalue weighted by Gasteiger charge is 2.33. The quantitative estimate of drug-likeness (QED) is 0.781. The molecule has 2 N–H and O–H groups in total. The molecule has 0 aliphatic carbocycles. The molecular formula is C14H28N2O. The van der Waals surface area contributed by atoms with E-state index >= 15 is 0 Å². The first-order chi connectivity index (χ1) is 8.28. The Morgan fingerprint density at radius 2 is 2.29 bits per heavy atom. The smallest absolute Gasteiger partial charge is 0.0499 e. The Labute approximate surface area is 106 Å². The Bertz CT molecular complexity index is 222. The summed E-state index contributed by atoms with van der Waals surface area (Å²) >= 11 is 0. The van der Waals surface area contributed by atoms with Gasteiger partial charge >= 0.3 is 0 Å². The van der Waals surface area contributed by atoms with Crippen molar-refractivity contribution in [2.24, 2.45) is 11.3 Å². The standard InChI is InChI=1S/C14H28N2O/c1-2-14(12-17)6-4-8-16(11-14)10-13-5-3-7-15-9-13/h13,15,17H,2-12H2,1H3. The number of likely N-dealkylation sites (tertiary alicyclic amines) is 1. The number of nitrogens with one attached hydrogen (secondary N) is 1. The molecule has 0 saturated carbocycles. The van der Waals surface area contributed by atoms with Gasteiger partial charge in [0.1, 0.15) is 0 Å². The summed E-state index contributed by atoms with van der Waals surface area (Å²) in [6, 6.07) is 0. The first kappa shape index (κ1) is 13.3. The molecule has 2 heterocycles. The largest absolute Gasteiger partial charge is 0.396 e. The average molecular weight is 240 g/mol. The lowest BCUT2D eigenvalue weighted by Gasteiger charge is -2.43. The summed E-state index contributed by atoms with van der Waals surface area (Å²) in [6.45, 7) is 8.55. The van der Waals surface area contributed by atoms with Gasteiger partial charge in [-0.15, -0.1) is 0 Å². The van der Waals surface area contributed by atoms with Crippen LogP contribution >= 0.6 is 0 Å². The summed E-state index contributed by atoms with van der Waals surface area (Å²) in [5, 5.41) is 13.1. The van der Waals surface area contributed by atoms with Gasteiger partial charge in [0.05, 0.1) is 0 Å². The van der Waals surface area contributed by atoms with Gasteiger partial charge < -0.3 is 15.3 Å². The van der Waals surface area contributed by atoms with E-state index in [1.807, 2.05) is 0 Å². The van der Waals surface area contributed by atoms with Crippen molar-refractivity contribution in [3.63, 3.8) is 0 Å². The van der Waals surface area contributed by atoms with Gasteiger partial charge in [-0.3, -0.25) is 0 Å². The van der Waals surface area contributed by atoms with Crippen molar-refractivity contribution in [3.05, 3.63) is 0 Å². The Morgan fingerprint density at radius 3 is 2.94 bits per heavy atom. The first-order valence-corrected chi connectivity index (χ1v) is 7.32. The van der Waals surface area contributed by atoms with Crippen molar-refractivity contribution in [2.75, 3.05) is 39.3 Å². The minimum absolute atomic E-state index is 0.195. The second kappa shape index (κ2) is 6.17. The minimum atomic E-state index is 0.195. The van der Waals surface area contributed by atoms with Gasteiger partial charge in [0.2, 0.25) is 0 Å². The van der Waals surface area contributed by atoms with E-state index in [1.165, 1.54) is 51.9 Å². The predicted octanol–water partition coefficient (Wildman–Crippen LogP) is 1.47. The van der Waals surface area contributed by atoms with Gasteiger partial charge in [0.25, 0.3) is 0 Å². The Morgan fingerprint density at radius 1 is 1.41 bits per heavy atom. The van der Waals surface area contributed by atoms with Gasteiger partial charge in [-0.1, -0.05) is 6.92 Å². The van der Waals surface area contributed by atoms with Crippen molar-refractivity contribution in [3.8, 4) is 0 Å². The summed E-state index contributed by atoms with van der Waals surface area (Å²) in [6.07, 6.45) is 6.29. The third-order valence-electron chi connectivity index (χ3n) is 4.74. The number of rotatable bonds is 4. The first-order valence-electron chi connectivity index (χ1n) is 7.32. The molecule has 0 radical (unpaired) electrons. The lowest BCUT2D eigenvalue weighted by Crippen LogP contribution is -2.48. The second-order valence-corrected chi connectivity index (χ2v) is 6.06. The third kappa shape index (κ3) is 3.43. The molecule has 0 amide bonds. The highest BCUT2D eigenvalue weighted by molar-refractivity contribution is 4.87. The lowest BCUT2D eigenvalue weighted by atomic mass is 9.78. The highest BCUT2D eigenvalue weighted by Crippen LogP contribution is 2.33. The molecule has 2 aliphatic rings. The van der Waals surface area contributed by atoms with E-state index < -0.39 is 0 Å². The van der Waals surface area contributed by atoms with Gasteiger partial charge in [0.15, 0.2) is 0 Å². The van der Waals surface area contributed by atoms with Crippen molar-refractivity contribution < 1.29 is 5.11 Å². The van der Waals surface area contributed by atoms with Crippen LogP contribution in [0, 0.1) is 11.3 Å². The number of hydrogen-bond donors (Lipinski definition) is 2. The molecule has 2 rings (SSSR count). The van der Waals surface area contributed by atoms with Crippen LogP contribution in [-0.4, -0.2) is 49.3 Å². The van der Waals surface area contributed by atoms with E-state index in [0.717, 1.165) is 18.9 Å². The summed E-state index contributed by atoms with van der Waals surface area (Å²) < 4.78 is 0. The van der Waals surface area contributed by atoms with Gasteiger partial charge in [-0.25, -0.2) is 0 Å². The minimum Gasteiger partial charge on any atom is -0.396 e. The van der Waals surface area contributed by atoms with Crippen LogP contribution in [0.15, 0.2) is 0 Å². The summed E-state index contributed by atoms with van der Waals surface area (Å²) in [5.41, 5.74) is 0.195. The fourth-order valence-electron chi connectivity index (χ4n) is 3.44. The zero-order valence-corrected chi connectivity index (χ0v) is 11.2. The van der Waals surface area contributed by atoms with Gasteiger partial charge in [-0.05, 0) is 57.7 Å². The number of hydrogen-bond acceptors (Lipinski definition) is 3. The third-order valence-corrected chi connectivity index (χ3v) is 4.74. The Hall–Kier alpha value is -0.120. The molecular weight excluding hydrogens is 212 g/mol. The maximum absolute atomic E-state index is 9.63. The fraction of sp³-hybridized carbons (Fsp3) is 1.00. The molecule has 17 heavy (non-hydrogen) atoms. The molecule has 0 aromatic carbocycles. The van der Waals surface area contributed by atoms with Crippen LogP contribution in [0.4, 0.5) is 0 Å². The number of piperidine rings is 2. The van der Waals surface area contributed by atoms with Gasteiger partial charge in [0, 0.05) is 25.1 Å². The number of nitrogens with zero attached hydrogens (tertiary/aromatic N) is 1. The summed E-state index contributed by atoms with van der Waals surface area (Å²) in [7, 11) is 0. The van der Waals surface area contributed by atoms with Crippen molar-refractivity contribution >= 4 is 0 Å². The van der Waals surface area contributed by atoms with E-state index in [1.54, 1.807) is 0 Å². The topological polar surface area (TPSA) is 35.5 Å². The molecule has 0 aromatic heterocycles. The molecule has 0 bridgehead atoms. The Kier molecular flexibility index (Phi) is 4.83. The van der Waals surface area contributed by atoms with Crippen LogP contribution in [0.1, 0.15) is 39.0 Å². The molecule has 2 saturated heterocycles. The molecule has 2 aliphatic heterocycles. The summed E-state index contributed by atoms with van der Waals surface area (Å²) in [4.78, 5) is 2.60. The van der Waals surface area contributed by atoms with E-state index in [2.05, 4.69) is 17.1 Å². The monoisotopic (exact) mass is 240 g/mol. The van der Waals surface area contributed by atoms with Crippen LogP contribution in [0.3, 0.4) is 0 Å². The number of aliphatic hydroxyl groups is 1. The summed E-state index contributed by atoms with van der Waals surface area (Å²) in [5.74, 6) is 0.829.